The van der Waals surface area contributed by atoms with Crippen molar-refractivity contribution in [2.75, 3.05) is 19.3 Å². The van der Waals surface area contributed by atoms with Crippen LogP contribution in [-0.2, 0) is 6.42 Å². The molecule has 0 spiro atoms. The molecule has 1 heterocycles. The Labute approximate surface area is 102 Å². The van der Waals surface area contributed by atoms with Crippen LogP contribution in [0.4, 0.5) is 0 Å². The van der Waals surface area contributed by atoms with Crippen molar-refractivity contribution < 1.29 is 4.74 Å². The zero-order chi connectivity index (χ0) is 11.4. The molecule has 88 valence electrons. The number of ether oxygens (including phenoxy) is 1. The van der Waals surface area contributed by atoms with E-state index in [-0.39, 0.29) is 0 Å². The Morgan fingerprint density at radius 1 is 1.50 bits per heavy atom. The fraction of sp³-hybridized carbons (Fsp3) is 0.538. The van der Waals surface area contributed by atoms with Crippen LogP contribution in [0.2, 0.25) is 0 Å². The largest absolute Gasteiger partial charge is 0.488 e. The van der Waals surface area contributed by atoms with E-state index in [9.17, 15) is 0 Å². The first-order chi connectivity index (χ1) is 7.79. The van der Waals surface area contributed by atoms with Gasteiger partial charge in [-0.25, -0.2) is 0 Å². The van der Waals surface area contributed by atoms with Crippen molar-refractivity contribution in [2.45, 2.75) is 24.7 Å². The van der Waals surface area contributed by atoms with E-state index < -0.39 is 0 Å². The molecule has 0 saturated carbocycles. The average molecular weight is 237 g/mol. The first kappa shape index (κ1) is 11.8. The predicted octanol–water partition coefficient (Wildman–Crippen LogP) is 2.33. The number of benzene rings is 1. The molecular formula is C13H19NOS. The summed E-state index contributed by atoms with van der Waals surface area (Å²) in [5.41, 5.74) is 1.34. The van der Waals surface area contributed by atoms with E-state index in [1.807, 2.05) is 17.8 Å². The molecule has 2 rings (SSSR count). The molecule has 1 N–H and O–H groups in total. The van der Waals surface area contributed by atoms with Gasteiger partial charge in [0.2, 0.25) is 0 Å². The van der Waals surface area contributed by atoms with Gasteiger partial charge in [0, 0.05) is 24.8 Å². The van der Waals surface area contributed by atoms with Crippen LogP contribution in [0.3, 0.4) is 0 Å². The minimum absolute atomic E-state index is 0.312. The van der Waals surface area contributed by atoms with Gasteiger partial charge in [0.1, 0.15) is 11.9 Å². The van der Waals surface area contributed by atoms with E-state index in [1.54, 1.807) is 0 Å². The van der Waals surface area contributed by atoms with Gasteiger partial charge in [0.25, 0.3) is 0 Å². The highest BCUT2D eigenvalue weighted by molar-refractivity contribution is 7.99. The maximum Gasteiger partial charge on any atom is 0.123 e. The molecule has 0 bridgehead atoms. The molecule has 0 radical (unpaired) electrons. The number of rotatable bonds is 5. The molecule has 1 aromatic rings. The standard InChI is InChI=1S/C13H19NOS/c1-10(16-2)8-14-9-12-7-11-5-3-4-6-13(11)15-12/h3-6,10,12,14H,7-9H2,1-2H3. The van der Waals surface area contributed by atoms with Crippen molar-refractivity contribution in [1.82, 2.24) is 5.32 Å². The van der Waals surface area contributed by atoms with Gasteiger partial charge in [-0.1, -0.05) is 25.1 Å². The maximum atomic E-state index is 5.85. The van der Waals surface area contributed by atoms with E-state index in [4.69, 9.17) is 4.74 Å². The summed E-state index contributed by atoms with van der Waals surface area (Å²) in [5.74, 6) is 1.06. The Hall–Kier alpha value is -0.670. The van der Waals surface area contributed by atoms with Crippen molar-refractivity contribution in [3.8, 4) is 5.75 Å². The SMILES string of the molecule is CSC(C)CNCC1Cc2ccccc2O1. The van der Waals surface area contributed by atoms with Crippen LogP contribution in [0.1, 0.15) is 12.5 Å². The van der Waals surface area contributed by atoms with Gasteiger partial charge in [-0.15, -0.1) is 0 Å². The van der Waals surface area contributed by atoms with Crippen LogP contribution in [-0.4, -0.2) is 30.7 Å². The number of fused-ring (bicyclic) bond motifs is 1. The Balaban J connectivity index is 1.75. The van der Waals surface area contributed by atoms with Gasteiger partial charge < -0.3 is 10.1 Å². The lowest BCUT2D eigenvalue weighted by molar-refractivity contribution is 0.228. The fourth-order valence-corrected chi connectivity index (χ4v) is 2.18. The Kier molecular flexibility index (Phi) is 4.13. The molecule has 1 aliphatic rings. The van der Waals surface area contributed by atoms with Crippen LogP contribution in [0, 0.1) is 0 Å². The third-order valence-corrected chi connectivity index (χ3v) is 3.89. The third kappa shape index (κ3) is 2.92. The van der Waals surface area contributed by atoms with Gasteiger partial charge in [-0.3, -0.25) is 0 Å². The molecule has 1 aromatic carbocycles. The van der Waals surface area contributed by atoms with Crippen LogP contribution >= 0.6 is 11.8 Å². The predicted molar refractivity (Wildman–Crippen MR) is 70.4 cm³/mol. The minimum atomic E-state index is 0.312. The van der Waals surface area contributed by atoms with Crippen LogP contribution in [0.5, 0.6) is 5.75 Å². The lowest BCUT2D eigenvalue weighted by Crippen LogP contribution is -2.33. The summed E-state index contributed by atoms with van der Waals surface area (Å²) in [6.45, 7) is 4.23. The summed E-state index contributed by atoms with van der Waals surface area (Å²) < 4.78 is 5.85. The first-order valence-electron chi connectivity index (χ1n) is 5.77. The molecule has 3 heteroatoms. The van der Waals surface area contributed by atoms with Crippen LogP contribution < -0.4 is 10.1 Å². The van der Waals surface area contributed by atoms with E-state index in [0.29, 0.717) is 11.4 Å². The average Bonchev–Trinajstić information content (AvgIpc) is 2.71. The lowest BCUT2D eigenvalue weighted by atomic mass is 10.1. The molecule has 0 aromatic heterocycles. The molecule has 0 saturated heterocycles. The Morgan fingerprint density at radius 3 is 3.06 bits per heavy atom. The Morgan fingerprint density at radius 2 is 2.31 bits per heavy atom. The van der Waals surface area contributed by atoms with Gasteiger partial charge in [-0.05, 0) is 17.9 Å². The summed E-state index contributed by atoms with van der Waals surface area (Å²) >= 11 is 1.89. The summed E-state index contributed by atoms with van der Waals surface area (Å²) in [6, 6.07) is 8.32. The lowest BCUT2D eigenvalue weighted by Gasteiger charge is -2.14. The second-order valence-electron chi connectivity index (χ2n) is 4.26. The molecule has 0 aliphatic carbocycles. The van der Waals surface area contributed by atoms with Gasteiger partial charge >= 0.3 is 0 Å². The summed E-state index contributed by atoms with van der Waals surface area (Å²) in [4.78, 5) is 0. The van der Waals surface area contributed by atoms with E-state index >= 15 is 0 Å². The number of para-hydroxylation sites is 1. The second-order valence-corrected chi connectivity index (χ2v) is 5.53. The molecule has 16 heavy (non-hydrogen) atoms. The van der Waals surface area contributed by atoms with E-state index in [2.05, 4.69) is 36.7 Å². The maximum absolute atomic E-state index is 5.85. The van der Waals surface area contributed by atoms with Crippen LogP contribution in [0.15, 0.2) is 24.3 Å². The number of thioether (sulfide) groups is 1. The van der Waals surface area contributed by atoms with Gasteiger partial charge in [0.05, 0.1) is 0 Å². The van der Waals surface area contributed by atoms with Crippen molar-refractivity contribution in [1.29, 1.82) is 0 Å². The molecule has 2 nitrogen and oxygen atoms in total. The number of hydrogen-bond acceptors (Lipinski definition) is 3. The second kappa shape index (κ2) is 5.60. The number of nitrogens with one attached hydrogen (secondary N) is 1. The van der Waals surface area contributed by atoms with Crippen molar-refractivity contribution in [2.24, 2.45) is 0 Å². The zero-order valence-corrected chi connectivity index (χ0v) is 10.7. The fourth-order valence-electron chi connectivity index (χ4n) is 1.90. The van der Waals surface area contributed by atoms with Gasteiger partial charge in [-0.2, -0.15) is 11.8 Å². The molecule has 2 atom stereocenters. The quantitative estimate of drug-likeness (QED) is 0.849. The molecule has 2 unspecified atom stereocenters. The number of hydrogen-bond donors (Lipinski definition) is 1. The van der Waals surface area contributed by atoms with E-state index in [1.165, 1.54) is 5.56 Å². The van der Waals surface area contributed by atoms with Crippen molar-refractivity contribution in [3.63, 3.8) is 0 Å². The highest BCUT2D eigenvalue weighted by atomic mass is 32.2. The molecule has 1 aliphatic heterocycles. The molecule has 0 amide bonds. The highest BCUT2D eigenvalue weighted by Gasteiger charge is 2.21. The monoisotopic (exact) mass is 237 g/mol. The normalized spacial score (nSPS) is 20.2. The third-order valence-electron chi connectivity index (χ3n) is 2.92. The summed E-state index contributed by atoms with van der Waals surface area (Å²) in [6.07, 6.45) is 3.50. The Bertz CT molecular complexity index is 317. The smallest absolute Gasteiger partial charge is 0.123 e. The van der Waals surface area contributed by atoms with E-state index in [0.717, 1.165) is 25.3 Å². The molecule has 0 fully saturated rings. The minimum Gasteiger partial charge on any atom is -0.488 e. The van der Waals surface area contributed by atoms with Crippen molar-refractivity contribution >= 4 is 11.8 Å². The van der Waals surface area contributed by atoms with Crippen LogP contribution in [0.25, 0.3) is 0 Å². The topological polar surface area (TPSA) is 21.3 Å². The first-order valence-corrected chi connectivity index (χ1v) is 7.06. The summed E-state index contributed by atoms with van der Waals surface area (Å²) in [7, 11) is 0. The molecular weight excluding hydrogens is 218 g/mol. The zero-order valence-electron chi connectivity index (χ0n) is 9.90. The highest BCUT2D eigenvalue weighted by Crippen LogP contribution is 2.27. The van der Waals surface area contributed by atoms with Gasteiger partial charge in [0.15, 0.2) is 0 Å². The van der Waals surface area contributed by atoms with Crippen molar-refractivity contribution in [3.05, 3.63) is 29.8 Å². The summed E-state index contributed by atoms with van der Waals surface area (Å²) in [5, 5.41) is 4.14.